The lowest BCUT2D eigenvalue weighted by Crippen LogP contribution is -2.40. The second-order valence-electron chi connectivity index (χ2n) is 5.51. The molecule has 7 nitrogen and oxygen atoms in total. The fraction of sp³-hybridized carbons (Fsp3) is 0.500. The molecule has 112 valence electrons. The third-order valence-corrected chi connectivity index (χ3v) is 3.88. The van der Waals surface area contributed by atoms with E-state index in [1.807, 2.05) is 0 Å². The Balaban J connectivity index is 1.56. The van der Waals surface area contributed by atoms with Crippen LogP contribution in [0.4, 0.5) is 10.5 Å². The van der Waals surface area contributed by atoms with E-state index in [0.29, 0.717) is 6.04 Å². The van der Waals surface area contributed by atoms with Gasteiger partial charge in [-0.3, -0.25) is 4.90 Å². The number of hydrogen-bond acceptors (Lipinski definition) is 4. The van der Waals surface area contributed by atoms with E-state index in [1.54, 1.807) is 6.07 Å². The summed E-state index contributed by atoms with van der Waals surface area (Å²) < 4.78 is 0. The zero-order chi connectivity index (χ0) is 14.8. The van der Waals surface area contributed by atoms with Crippen LogP contribution < -0.4 is 10.6 Å². The average molecular weight is 290 g/mol. The van der Waals surface area contributed by atoms with E-state index in [1.165, 1.54) is 25.1 Å². The normalized spacial score (nSPS) is 22.0. The van der Waals surface area contributed by atoms with Crippen molar-refractivity contribution in [2.24, 2.45) is 0 Å². The van der Waals surface area contributed by atoms with Crippen molar-refractivity contribution >= 4 is 17.7 Å². The van der Waals surface area contributed by atoms with Crippen molar-refractivity contribution in [2.75, 3.05) is 18.4 Å². The van der Waals surface area contributed by atoms with Gasteiger partial charge in [-0.15, -0.1) is 0 Å². The number of likely N-dealkylation sites (tertiary alicyclic amines) is 1. The summed E-state index contributed by atoms with van der Waals surface area (Å²) in [5, 5.41) is 14.5. The predicted octanol–water partition coefficient (Wildman–Crippen LogP) is 1.14. The van der Waals surface area contributed by atoms with Crippen molar-refractivity contribution in [3.8, 4) is 0 Å². The number of anilines is 1. The van der Waals surface area contributed by atoms with Crippen LogP contribution in [0.15, 0.2) is 18.3 Å². The lowest BCUT2D eigenvalue weighted by molar-refractivity contribution is 0.0692. The first-order valence-corrected chi connectivity index (χ1v) is 7.13. The Bertz CT molecular complexity index is 559. The molecule has 3 rings (SSSR count). The van der Waals surface area contributed by atoms with Gasteiger partial charge in [0.1, 0.15) is 0 Å². The highest BCUT2D eigenvalue weighted by Gasteiger charge is 2.34. The first-order chi connectivity index (χ1) is 10.1. The van der Waals surface area contributed by atoms with Crippen LogP contribution >= 0.6 is 0 Å². The molecule has 1 aromatic rings. The Kier molecular flexibility index (Phi) is 3.74. The summed E-state index contributed by atoms with van der Waals surface area (Å²) in [6.45, 7) is 1.89. The van der Waals surface area contributed by atoms with E-state index in [4.69, 9.17) is 5.11 Å². The van der Waals surface area contributed by atoms with E-state index < -0.39 is 5.97 Å². The van der Waals surface area contributed by atoms with Gasteiger partial charge in [-0.05, 0) is 31.4 Å². The summed E-state index contributed by atoms with van der Waals surface area (Å²) in [6, 6.07) is 3.56. The minimum absolute atomic E-state index is 0.121. The summed E-state index contributed by atoms with van der Waals surface area (Å²) in [5.74, 6) is -1.16. The SMILES string of the molecule is O=C(Nc1cccnc1C(=O)O)NC1CCN(C2CC2)C1. The predicted molar refractivity (Wildman–Crippen MR) is 76.4 cm³/mol. The molecule has 2 heterocycles. The number of carboxylic acids is 1. The van der Waals surface area contributed by atoms with Crippen molar-refractivity contribution in [1.82, 2.24) is 15.2 Å². The van der Waals surface area contributed by atoms with Gasteiger partial charge in [-0.2, -0.15) is 0 Å². The fourth-order valence-corrected chi connectivity index (χ4v) is 2.70. The Morgan fingerprint density at radius 3 is 2.86 bits per heavy atom. The van der Waals surface area contributed by atoms with Crippen molar-refractivity contribution < 1.29 is 14.7 Å². The van der Waals surface area contributed by atoms with Gasteiger partial charge in [0.25, 0.3) is 0 Å². The number of urea groups is 1. The number of aromatic nitrogens is 1. The van der Waals surface area contributed by atoms with Gasteiger partial charge < -0.3 is 15.7 Å². The summed E-state index contributed by atoms with van der Waals surface area (Å²) in [7, 11) is 0. The molecular weight excluding hydrogens is 272 g/mol. The Labute approximate surface area is 122 Å². The molecule has 1 aliphatic carbocycles. The van der Waals surface area contributed by atoms with E-state index in [2.05, 4.69) is 20.5 Å². The van der Waals surface area contributed by atoms with Crippen LogP contribution in [0.5, 0.6) is 0 Å². The number of nitrogens with one attached hydrogen (secondary N) is 2. The maximum absolute atomic E-state index is 12.0. The molecule has 0 aromatic carbocycles. The summed E-state index contributed by atoms with van der Waals surface area (Å²) in [5.41, 5.74) is 0.0539. The Morgan fingerprint density at radius 2 is 2.14 bits per heavy atom. The average Bonchev–Trinajstić information content (AvgIpc) is 3.20. The minimum Gasteiger partial charge on any atom is -0.476 e. The largest absolute Gasteiger partial charge is 0.476 e. The quantitative estimate of drug-likeness (QED) is 0.773. The molecule has 7 heteroatoms. The topological polar surface area (TPSA) is 94.6 Å². The molecular formula is C14H18N4O3. The number of hydrogen-bond donors (Lipinski definition) is 3. The summed E-state index contributed by atoms with van der Waals surface area (Å²) in [4.78, 5) is 29.2. The smallest absolute Gasteiger partial charge is 0.356 e. The van der Waals surface area contributed by atoms with E-state index >= 15 is 0 Å². The highest BCUT2D eigenvalue weighted by Crippen LogP contribution is 2.29. The molecule has 1 atom stereocenters. The van der Waals surface area contributed by atoms with E-state index in [0.717, 1.165) is 19.5 Å². The Hall–Kier alpha value is -2.15. The van der Waals surface area contributed by atoms with E-state index in [-0.39, 0.29) is 23.5 Å². The molecule has 1 aromatic heterocycles. The third kappa shape index (κ3) is 3.30. The zero-order valence-corrected chi connectivity index (χ0v) is 11.6. The number of rotatable bonds is 4. The maximum Gasteiger partial charge on any atom is 0.356 e. The van der Waals surface area contributed by atoms with E-state index in [9.17, 15) is 9.59 Å². The first kappa shape index (κ1) is 13.8. The standard InChI is InChI=1S/C14H18N4O3/c19-13(20)12-11(2-1-6-15-12)17-14(21)16-9-5-7-18(8-9)10-3-4-10/h1-2,6,9-10H,3-5,7-8H2,(H,19,20)(H2,16,17,21). The maximum atomic E-state index is 12.0. The van der Waals surface area contributed by atoms with Gasteiger partial charge >= 0.3 is 12.0 Å². The minimum atomic E-state index is -1.16. The van der Waals surface area contributed by atoms with Crippen molar-refractivity contribution in [2.45, 2.75) is 31.3 Å². The highest BCUT2D eigenvalue weighted by atomic mass is 16.4. The second kappa shape index (κ2) is 5.69. The second-order valence-corrected chi connectivity index (χ2v) is 5.51. The molecule has 1 saturated carbocycles. The number of aromatic carboxylic acids is 1. The Morgan fingerprint density at radius 1 is 1.33 bits per heavy atom. The molecule has 3 N–H and O–H groups in total. The number of carbonyl (C=O) groups excluding carboxylic acids is 1. The molecule has 1 unspecified atom stereocenters. The first-order valence-electron chi connectivity index (χ1n) is 7.13. The van der Waals surface area contributed by atoms with Crippen molar-refractivity contribution in [3.63, 3.8) is 0 Å². The molecule has 2 fully saturated rings. The third-order valence-electron chi connectivity index (χ3n) is 3.88. The number of pyridine rings is 1. The highest BCUT2D eigenvalue weighted by molar-refractivity contribution is 5.98. The fourth-order valence-electron chi connectivity index (χ4n) is 2.70. The molecule has 0 radical (unpaired) electrons. The van der Waals surface area contributed by atoms with Crippen LogP contribution in [0.2, 0.25) is 0 Å². The van der Waals surface area contributed by atoms with Gasteiger partial charge in [0, 0.05) is 31.4 Å². The van der Waals surface area contributed by atoms with Gasteiger partial charge in [0.05, 0.1) is 5.69 Å². The van der Waals surface area contributed by atoms with Crippen LogP contribution in [0.25, 0.3) is 0 Å². The molecule has 0 bridgehead atoms. The molecule has 0 spiro atoms. The zero-order valence-electron chi connectivity index (χ0n) is 11.6. The summed E-state index contributed by atoms with van der Waals surface area (Å²) >= 11 is 0. The number of carboxylic acid groups (broad SMARTS) is 1. The number of carbonyl (C=O) groups is 2. The van der Waals surface area contributed by atoms with Crippen molar-refractivity contribution in [1.29, 1.82) is 0 Å². The van der Waals surface area contributed by atoms with Gasteiger partial charge in [0.2, 0.25) is 0 Å². The van der Waals surface area contributed by atoms with Crippen LogP contribution in [-0.4, -0.2) is 52.2 Å². The number of amides is 2. The van der Waals surface area contributed by atoms with Crippen LogP contribution in [0.3, 0.4) is 0 Å². The lowest BCUT2D eigenvalue weighted by Gasteiger charge is -2.16. The monoisotopic (exact) mass is 290 g/mol. The van der Waals surface area contributed by atoms with Crippen molar-refractivity contribution in [3.05, 3.63) is 24.0 Å². The van der Waals surface area contributed by atoms with Gasteiger partial charge in [-0.25, -0.2) is 14.6 Å². The molecule has 1 aliphatic heterocycles. The molecule has 1 saturated heterocycles. The van der Waals surface area contributed by atoms with Crippen LogP contribution in [-0.2, 0) is 0 Å². The van der Waals surface area contributed by atoms with Crippen LogP contribution in [0, 0.1) is 0 Å². The summed E-state index contributed by atoms with van der Waals surface area (Å²) in [6.07, 6.45) is 4.84. The van der Waals surface area contributed by atoms with Crippen LogP contribution in [0.1, 0.15) is 29.8 Å². The molecule has 2 aliphatic rings. The lowest BCUT2D eigenvalue weighted by atomic mass is 10.2. The molecule has 21 heavy (non-hydrogen) atoms. The molecule has 2 amide bonds. The van der Waals surface area contributed by atoms with Gasteiger partial charge in [-0.1, -0.05) is 0 Å². The number of nitrogens with zero attached hydrogens (tertiary/aromatic N) is 2. The van der Waals surface area contributed by atoms with Gasteiger partial charge in [0.15, 0.2) is 5.69 Å².